The van der Waals surface area contributed by atoms with E-state index in [0.717, 1.165) is 21.2 Å². The number of nitrogens with one attached hydrogen (secondary N) is 1. The summed E-state index contributed by atoms with van der Waals surface area (Å²) in [6.07, 6.45) is 0. The van der Waals surface area contributed by atoms with Gasteiger partial charge >= 0.3 is 5.91 Å². The van der Waals surface area contributed by atoms with Crippen molar-refractivity contribution in [3.05, 3.63) is 76.8 Å². The van der Waals surface area contributed by atoms with Crippen LogP contribution in [-0.2, 0) is 4.79 Å². The zero-order valence-corrected chi connectivity index (χ0v) is 17.7. The number of azo groups is 1. The number of carbonyl (C=O) groups is 1. The molecule has 0 aliphatic carbocycles. The topological polar surface area (TPSA) is 87.0 Å². The van der Waals surface area contributed by atoms with Gasteiger partial charge in [-0.15, -0.1) is 10.2 Å². The van der Waals surface area contributed by atoms with Crippen LogP contribution in [0, 0.1) is 6.92 Å². The van der Waals surface area contributed by atoms with E-state index in [1.807, 2.05) is 61.5 Å². The molecule has 0 unspecified atom stereocenters. The fraction of sp³-hybridized carbons (Fsp3) is 0.0870. The molecule has 0 bridgehead atoms. The summed E-state index contributed by atoms with van der Waals surface area (Å²) >= 11 is 3.45. The van der Waals surface area contributed by atoms with Crippen molar-refractivity contribution in [3.8, 4) is 22.8 Å². The zero-order chi connectivity index (χ0) is 21.1. The zero-order valence-electron chi connectivity index (χ0n) is 16.1. The van der Waals surface area contributed by atoms with E-state index in [0.29, 0.717) is 16.7 Å². The Morgan fingerprint density at radius 3 is 2.50 bits per heavy atom. The Hall–Kier alpha value is -3.45. The number of rotatable bonds is 5. The number of aryl methyl sites for hydroxylation is 1. The Morgan fingerprint density at radius 2 is 1.77 bits per heavy atom. The molecule has 1 heterocycles. The highest BCUT2D eigenvalue weighted by molar-refractivity contribution is 9.10. The predicted molar refractivity (Wildman–Crippen MR) is 119 cm³/mol. The fourth-order valence-corrected chi connectivity index (χ4v) is 3.39. The summed E-state index contributed by atoms with van der Waals surface area (Å²) in [5, 5.41) is 18.4. The van der Waals surface area contributed by atoms with E-state index >= 15 is 0 Å². The minimum atomic E-state index is -0.551. The summed E-state index contributed by atoms with van der Waals surface area (Å²) < 4.78 is 6.41. The van der Waals surface area contributed by atoms with E-state index in [1.54, 1.807) is 12.1 Å². The number of aromatic amines is 1. The lowest BCUT2D eigenvalue weighted by molar-refractivity contribution is -0.120. The maximum Gasteiger partial charge on any atom is 0.302 e. The van der Waals surface area contributed by atoms with Gasteiger partial charge in [0, 0.05) is 9.86 Å². The Labute approximate surface area is 181 Å². The summed E-state index contributed by atoms with van der Waals surface area (Å²) in [6.45, 7) is 1.68. The van der Waals surface area contributed by atoms with Crippen molar-refractivity contribution in [2.24, 2.45) is 10.2 Å². The molecule has 2 N–H and O–H groups in total. The third-order valence-electron chi connectivity index (χ3n) is 4.62. The smallest absolute Gasteiger partial charge is 0.302 e. The highest BCUT2D eigenvalue weighted by Gasteiger charge is 2.13. The second kappa shape index (κ2) is 8.51. The second-order valence-corrected chi connectivity index (χ2v) is 7.60. The first-order valence-electron chi connectivity index (χ1n) is 9.25. The van der Waals surface area contributed by atoms with Crippen LogP contribution >= 0.6 is 15.9 Å². The molecule has 0 spiro atoms. The van der Waals surface area contributed by atoms with Gasteiger partial charge in [0.1, 0.15) is 5.75 Å². The Balaban J connectivity index is 1.42. The normalized spacial score (nSPS) is 11.3. The summed E-state index contributed by atoms with van der Waals surface area (Å²) in [4.78, 5) is 14.9. The SMILES string of the molecule is Cc1cc2c(N=NC(=O)COc3ccc(-c4ccccc4)cc3)c(O)[nH]c2cc1Br. The van der Waals surface area contributed by atoms with Gasteiger partial charge in [0.2, 0.25) is 5.88 Å². The van der Waals surface area contributed by atoms with E-state index in [1.165, 1.54) is 0 Å². The van der Waals surface area contributed by atoms with Gasteiger partial charge in [-0.25, -0.2) is 0 Å². The first-order chi connectivity index (χ1) is 14.5. The van der Waals surface area contributed by atoms with Gasteiger partial charge in [-0.1, -0.05) is 58.4 Å². The summed E-state index contributed by atoms with van der Waals surface area (Å²) in [7, 11) is 0. The number of carbonyl (C=O) groups excluding carboxylic acids is 1. The number of ether oxygens (including phenoxy) is 1. The number of H-pyrrole nitrogens is 1. The standard InChI is InChI=1S/C23H18BrN3O3/c1-14-11-18-20(12-19(14)24)25-23(29)22(18)27-26-21(28)13-30-17-9-7-16(8-10-17)15-5-3-2-4-6-15/h2-12,25,29H,13H2,1H3. The van der Waals surface area contributed by atoms with Gasteiger partial charge in [0.25, 0.3) is 0 Å². The van der Waals surface area contributed by atoms with E-state index in [-0.39, 0.29) is 18.2 Å². The summed E-state index contributed by atoms with van der Waals surface area (Å²) in [5.74, 6) is -0.130. The van der Waals surface area contributed by atoms with E-state index in [4.69, 9.17) is 4.74 Å². The molecule has 0 aliphatic rings. The van der Waals surface area contributed by atoms with Crippen LogP contribution < -0.4 is 4.74 Å². The van der Waals surface area contributed by atoms with Crippen LogP contribution in [0.5, 0.6) is 11.6 Å². The van der Waals surface area contributed by atoms with E-state index in [2.05, 4.69) is 31.1 Å². The quantitative estimate of drug-likeness (QED) is 0.340. The summed E-state index contributed by atoms with van der Waals surface area (Å²) in [6, 6.07) is 21.2. The lowest BCUT2D eigenvalue weighted by atomic mass is 10.1. The van der Waals surface area contributed by atoms with Crippen LogP contribution in [0.3, 0.4) is 0 Å². The molecule has 150 valence electrons. The Bertz CT molecular complexity index is 1230. The van der Waals surface area contributed by atoms with Crippen LogP contribution in [-0.4, -0.2) is 22.6 Å². The van der Waals surface area contributed by atoms with Crippen molar-refractivity contribution in [2.45, 2.75) is 6.92 Å². The maximum absolute atomic E-state index is 12.1. The number of halogens is 1. The highest BCUT2D eigenvalue weighted by atomic mass is 79.9. The molecule has 0 atom stereocenters. The minimum absolute atomic E-state index is 0.142. The molecule has 0 fully saturated rings. The highest BCUT2D eigenvalue weighted by Crippen LogP contribution is 2.37. The van der Waals surface area contributed by atoms with Crippen molar-refractivity contribution in [1.29, 1.82) is 0 Å². The monoisotopic (exact) mass is 463 g/mol. The number of nitrogens with zero attached hydrogens (tertiary/aromatic N) is 2. The largest absolute Gasteiger partial charge is 0.493 e. The maximum atomic E-state index is 12.1. The van der Waals surface area contributed by atoms with Crippen molar-refractivity contribution < 1.29 is 14.6 Å². The van der Waals surface area contributed by atoms with Gasteiger partial charge in [-0.3, -0.25) is 4.79 Å². The van der Waals surface area contributed by atoms with Crippen LogP contribution in [0.4, 0.5) is 5.69 Å². The molecular weight excluding hydrogens is 446 g/mol. The van der Waals surface area contributed by atoms with Crippen molar-refractivity contribution >= 4 is 38.4 Å². The number of fused-ring (bicyclic) bond motifs is 1. The van der Waals surface area contributed by atoms with Gasteiger partial charge in [-0.2, -0.15) is 0 Å². The first-order valence-corrected chi connectivity index (χ1v) is 10.0. The van der Waals surface area contributed by atoms with Gasteiger partial charge < -0.3 is 14.8 Å². The number of aromatic hydroxyl groups is 1. The molecular formula is C23H18BrN3O3. The number of amides is 1. The van der Waals surface area contributed by atoms with Gasteiger partial charge in [-0.05, 0) is 47.9 Å². The third-order valence-corrected chi connectivity index (χ3v) is 5.47. The third kappa shape index (κ3) is 4.26. The molecule has 4 rings (SSSR count). The molecule has 7 heteroatoms. The minimum Gasteiger partial charge on any atom is -0.493 e. The average Bonchev–Trinajstić information content (AvgIpc) is 3.06. The van der Waals surface area contributed by atoms with Crippen LogP contribution in [0.15, 0.2) is 81.4 Å². The molecule has 0 saturated heterocycles. The molecule has 0 radical (unpaired) electrons. The predicted octanol–water partition coefficient (Wildman–Crippen LogP) is 6.30. The van der Waals surface area contributed by atoms with Gasteiger partial charge in [0.15, 0.2) is 12.3 Å². The van der Waals surface area contributed by atoms with Crippen molar-refractivity contribution in [3.63, 3.8) is 0 Å². The number of benzene rings is 3. The molecule has 1 aromatic heterocycles. The molecule has 30 heavy (non-hydrogen) atoms. The average molecular weight is 464 g/mol. The molecule has 4 aromatic rings. The van der Waals surface area contributed by atoms with Crippen molar-refractivity contribution in [1.82, 2.24) is 4.98 Å². The molecule has 6 nitrogen and oxygen atoms in total. The van der Waals surface area contributed by atoms with E-state index < -0.39 is 5.91 Å². The van der Waals surface area contributed by atoms with Crippen LogP contribution in [0.1, 0.15) is 5.56 Å². The molecule has 0 saturated carbocycles. The summed E-state index contributed by atoms with van der Waals surface area (Å²) in [5.41, 5.74) is 4.06. The fourth-order valence-electron chi connectivity index (χ4n) is 3.05. The molecule has 1 amide bonds. The Kier molecular flexibility index (Phi) is 5.63. The second-order valence-electron chi connectivity index (χ2n) is 6.74. The Morgan fingerprint density at radius 1 is 1.07 bits per heavy atom. The number of aromatic nitrogens is 1. The lowest BCUT2D eigenvalue weighted by Crippen LogP contribution is -2.07. The molecule has 3 aromatic carbocycles. The molecule has 0 aliphatic heterocycles. The number of hydrogen-bond acceptors (Lipinski definition) is 4. The van der Waals surface area contributed by atoms with Crippen LogP contribution in [0.25, 0.3) is 22.0 Å². The van der Waals surface area contributed by atoms with Gasteiger partial charge in [0.05, 0.1) is 5.52 Å². The lowest BCUT2D eigenvalue weighted by Gasteiger charge is -2.05. The van der Waals surface area contributed by atoms with Crippen LogP contribution in [0.2, 0.25) is 0 Å². The number of hydrogen-bond donors (Lipinski definition) is 2. The van der Waals surface area contributed by atoms with E-state index in [9.17, 15) is 9.90 Å². The van der Waals surface area contributed by atoms with Crippen molar-refractivity contribution in [2.75, 3.05) is 6.61 Å². The first kappa shape index (κ1) is 19.8.